The van der Waals surface area contributed by atoms with E-state index < -0.39 is 5.60 Å². The summed E-state index contributed by atoms with van der Waals surface area (Å²) in [7, 11) is 0. The van der Waals surface area contributed by atoms with Crippen LogP contribution in [0.4, 0.5) is 4.79 Å². The minimum absolute atomic E-state index is 0.167. The van der Waals surface area contributed by atoms with Crippen molar-refractivity contribution < 1.29 is 19.0 Å². The van der Waals surface area contributed by atoms with Crippen LogP contribution in [0, 0.1) is 26.7 Å². The number of hydrogen-bond donors (Lipinski definition) is 0. The number of aryl methyl sites for hydroxylation is 1. The van der Waals surface area contributed by atoms with E-state index in [1.54, 1.807) is 16.0 Å². The van der Waals surface area contributed by atoms with E-state index in [0.29, 0.717) is 31.0 Å². The van der Waals surface area contributed by atoms with Gasteiger partial charge in [-0.25, -0.2) is 4.79 Å². The van der Waals surface area contributed by atoms with E-state index in [0.717, 1.165) is 45.8 Å². The van der Waals surface area contributed by atoms with E-state index in [4.69, 9.17) is 14.2 Å². The van der Waals surface area contributed by atoms with Gasteiger partial charge in [-0.15, -0.1) is 0 Å². The fourth-order valence-corrected chi connectivity index (χ4v) is 6.79. The number of rotatable bonds is 4. The molecule has 4 aliphatic rings. The van der Waals surface area contributed by atoms with E-state index in [9.17, 15) is 4.79 Å². The summed E-state index contributed by atoms with van der Waals surface area (Å²) in [4.78, 5) is 16.8. The Morgan fingerprint density at radius 1 is 1.08 bits per heavy atom. The van der Waals surface area contributed by atoms with E-state index in [-0.39, 0.29) is 11.7 Å². The molecule has 5 rings (SSSR count). The van der Waals surface area contributed by atoms with Crippen molar-refractivity contribution in [2.24, 2.45) is 5.92 Å². The lowest BCUT2D eigenvalue weighted by Crippen LogP contribution is -2.64. The highest BCUT2D eigenvalue weighted by Crippen LogP contribution is 2.41. The summed E-state index contributed by atoms with van der Waals surface area (Å²) in [5.74, 6) is 1.30. The Labute approximate surface area is 217 Å². The molecule has 1 spiro atoms. The monoisotopic (exact) mass is 498 g/mol. The molecule has 1 aromatic rings. The molecule has 1 unspecified atom stereocenters. The number of hydrogen-bond acceptors (Lipinski definition) is 5. The Morgan fingerprint density at radius 2 is 1.81 bits per heavy atom. The highest BCUT2D eigenvalue weighted by molar-refractivity contribution is 5.69. The van der Waals surface area contributed by atoms with Gasteiger partial charge in [-0.3, -0.25) is 4.90 Å². The zero-order chi connectivity index (χ0) is 25.7. The van der Waals surface area contributed by atoms with Crippen LogP contribution in [0.15, 0.2) is 6.07 Å². The van der Waals surface area contributed by atoms with Gasteiger partial charge in [-0.05, 0) is 126 Å². The van der Waals surface area contributed by atoms with Crippen molar-refractivity contribution in [2.45, 2.75) is 96.8 Å². The molecule has 1 amide bonds. The van der Waals surface area contributed by atoms with Crippen LogP contribution in [-0.2, 0) is 20.6 Å². The van der Waals surface area contributed by atoms with Crippen LogP contribution in [-0.4, -0.2) is 79.1 Å². The summed E-state index contributed by atoms with van der Waals surface area (Å²) in [5, 5.41) is 0. The molecule has 200 valence electrons. The quantitative estimate of drug-likeness (QED) is 0.575. The topological polar surface area (TPSA) is 51.2 Å². The third-order valence-corrected chi connectivity index (χ3v) is 9.13. The van der Waals surface area contributed by atoms with Gasteiger partial charge in [0, 0.05) is 19.3 Å². The smallest absolute Gasteiger partial charge is 0.410 e. The second-order valence-corrected chi connectivity index (χ2v) is 12.9. The summed E-state index contributed by atoms with van der Waals surface area (Å²) in [6, 6.07) is 2.96. The van der Waals surface area contributed by atoms with Crippen LogP contribution in [0.1, 0.15) is 80.2 Å². The van der Waals surface area contributed by atoms with Crippen molar-refractivity contribution in [3.05, 3.63) is 33.9 Å². The Kier molecular flexibility index (Phi) is 7.16. The predicted molar refractivity (Wildman–Crippen MR) is 142 cm³/mol. The lowest BCUT2D eigenvalue weighted by atomic mass is 9.79. The van der Waals surface area contributed by atoms with Gasteiger partial charge < -0.3 is 19.1 Å². The third-order valence-electron chi connectivity index (χ3n) is 9.13. The fraction of sp³-hybridized carbons (Fsp3) is 0.767. The van der Waals surface area contributed by atoms with E-state index in [1.165, 1.54) is 36.0 Å². The second-order valence-electron chi connectivity index (χ2n) is 12.9. The molecule has 0 saturated carbocycles. The number of ether oxygens (including phenoxy) is 3. The van der Waals surface area contributed by atoms with Crippen LogP contribution in [0.5, 0.6) is 0 Å². The SMILES string of the molecule is Cc1cc(C2CCN([C@@H]3COC4(C3)CN(C(=O)OC(C)(C)C)C4)CC2)c(CC2CCOC2)c(C)c1C. The van der Waals surface area contributed by atoms with Crippen molar-refractivity contribution in [1.82, 2.24) is 9.80 Å². The first-order valence-electron chi connectivity index (χ1n) is 14.1. The first-order chi connectivity index (χ1) is 17.0. The summed E-state index contributed by atoms with van der Waals surface area (Å²) in [5.41, 5.74) is 6.98. The van der Waals surface area contributed by atoms with Gasteiger partial charge in [0.1, 0.15) is 11.2 Å². The fourth-order valence-electron chi connectivity index (χ4n) is 6.79. The van der Waals surface area contributed by atoms with Crippen molar-refractivity contribution in [3.63, 3.8) is 0 Å². The zero-order valence-electron chi connectivity index (χ0n) is 23.3. The molecule has 4 heterocycles. The van der Waals surface area contributed by atoms with Crippen LogP contribution in [0.3, 0.4) is 0 Å². The lowest BCUT2D eigenvalue weighted by Gasteiger charge is -2.47. The highest BCUT2D eigenvalue weighted by atomic mass is 16.6. The van der Waals surface area contributed by atoms with Crippen LogP contribution in [0.2, 0.25) is 0 Å². The Morgan fingerprint density at radius 3 is 2.44 bits per heavy atom. The largest absolute Gasteiger partial charge is 0.444 e. The van der Waals surface area contributed by atoms with E-state index in [1.807, 2.05) is 20.8 Å². The molecule has 0 aliphatic carbocycles. The molecular weight excluding hydrogens is 452 g/mol. The Balaban J connectivity index is 1.18. The molecule has 4 fully saturated rings. The standard InChI is InChI=1S/C30H46N2O4/c1-20-13-27(26(22(3)21(20)2)14-23-9-12-34-16-23)24-7-10-31(11-8-24)25-15-30(35-17-25)18-32(19-30)28(33)36-29(4,5)6/h13,23-25H,7-12,14-19H2,1-6H3/t23?,25-/m0/s1. The van der Waals surface area contributed by atoms with Gasteiger partial charge in [0.05, 0.1) is 19.7 Å². The van der Waals surface area contributed by atoms with Crippen LogP contribution in [0.25, 0.3) is 0 Å². The van der Waals surface area contributed by atoms with Gasteiger partial charge >= 0.3 is 6.09 Å². The molecule has 2 atom stereocenters. The molecule has 4 saturated heterocycles. The van der Waals surface area contributed by atoms with Crippen molar-refractivity contribution in [3.8, 4) is 0 Å². The first-order valence-corrected chi connectivity index (χ1v) is 14.1. The minimum Gasteiger partial charge on any atom is -0.444 e. The maximum absolute atomic E-state index is 12.4. The number of likely N-dealkylation sites (tertiary alicyclic amines) is 2. The lowest BCUT2D eigenvalue weighted by molar-refractivity contribution is -0.109. The van der Waals surface area contributed by atoms with Crippen molar-refractivity contribution in [1.29, 1.82) is 0 Å². The molecular formula is C30H46N2O4. The number of amides is 1. The normalized spacial score (nSPS) is 27.0. The molecule has 36 heavy (non-hydrogen) atoms. The molecule has 0 bridgehead atoms. The molecule has 0 radical (unpaired) electrons. The molecule has 0 N–H and O–H groups in total. The van der Waals surface area contributed by atoms with Gasteiger partial charge in [0.2, 0.25) is 0 Å². The maximum atomic E-state index is 12.4. The average Bonchev–Trinajstić information content (AvgIpc) is 3.48. The molecule has 1 aromatic carbocycles. The first kappa shape index (κ1) is 26.0. The third kappa shape index (κ3) is 5.32. The number of carbonyl (C=O) groups is 1. The van der Waals surface area contributed by atoms with Crippen LogP contribution < -0.4 is 0 Å². The molecule has 4 aliphatic heterocycles. The van der Waals surface area contributed by atoms with Gasteiger partial charge in [-0.1, -0.05) is 6.07 Å². The van der Waals surface area contributed by atoms with E-state index >= 15 is 0 Å². The van der Waals surface area contributed by atoms with Gasteiger partial charge in [0.25, 0.3) is 0 Å². The summed E-state index contributed by atoms with van der Waals surface area (Å²) in [6.07, 6.45) is 5.58. The number of nitrogens with zero attached hydrogens (tertiary/aromatic N) is 2. The maximum Gasteiger partial charge on any atom is 0.410 e. The Bertz CT molecular complexity index is 964. The second kappa shape index (κ2) is 9.92. The molecule has 0 aromatic heterocycles. The summed E-state index contributed by atoms with van der Waals surface area (Å²) >= 11 is 0. The number of piperidine rings is 1. The van der Waals surface area contributed by atoms with E-state index in [2.05, 4.69) is 31.7 Å². The van der Waals surface area contributed by atoms with Crippen molar-refractivity contribution in [2.75, 3.05) is 46.0 Å². The van der Waals surface area contributed by atoms with Crippen LogP contribution >= 0.6 is 0 Å². The average molecular weight is 499 g/mol. The predicted octanol–water partition coefficient (Wildman–Crippen LogP) is 5.15. The highest BCUT2D eigenvalue weighted by Gasteiger charge is 2.53. The van der Waals surface area contributed by atoms with Crippen molar-refractivity contribution >= 4 is 6.09 Å². The zero-order valence-corrected chi connectivity index (χ0v) is 23.3. The van der Waals surface area contributed by atoms with Gasteiger partial charge in [-0.2, -0.15) is 0 Å². The number of benzene rings is 1. The number of carbonyl (C=O) groups excluding carboxylic acids is 1. The summed E-state index contributed by atoms with van der Waals surface area (Å²) < 4.78 is 17.5. The van der Waals surface area contributed by atoms with Gasteiger partial charge in [0.15, 0.2) is 0 Å². The minimum atomic E-state index is -0.456. The molecule has 6 nitrogen and oxygen atoms in total. The summed E-state index contributed by atoms with van der Waals surface area (Å²) in [6.45, 7) is 18.8. The molecule has 6 heteroatoms. The Hall–Kier alpha value is -1.63.